The number of hydrogen-bond donors (Lipinski definition) is 1. The molecular formula is C19H29NO4. The highest BCUT2D eigenvalue weighted by molar-refractivity contribution is 5.97. The molecule has 0 heterocycles. The summed E-state index contributed by atoms with van der Waals surface area (Å²) < 4.78 is 16.4. The number of methoxy groups -OCH3 is 1. The minimum absolute atomic E-state index is 0.0380. The van der Waals surface area contributed by atoms with E-state index >= 15 is 0 Å². The third-order valence-electron chi connectivity index (χ3n) is 4.46. The average molecular weight is 335 g/mol. The van der Waals surface area contributed by atoms with Crippen LogP contribution in [0.25, 0.3) is 0 Å². The number of carbonyl (C=O) groups is 1. The molecule has 1 aliphatic carbocycles. The van der Waals surface area contributed by atoms with Gasteiger partial charge in [-0.25, -0.2) is 0 Å². The van der Waals surface area contributed by atoms with Crippen molar-refractivity contribution in [2.24, 2.45) is 5.92 Å². The van der Waals surface area contributed by atoms with Crippen LogP contribution in [0.1, 0.15) is 39.5 Å². The van der Waals surface area contributed by atoms with E-state index in [-0.39, 0.29) is 5.91 Å². The first-order valence-corrected chi connectivity index (χ1v) is 8.77. The van der Waals surface area contributed by atoms with Crippen molar-refractivity contribution in [1.82, 2.24) is 0 Å². The normalized spacial score (nSPS) is 23.7. The maximum absolute atomic E-state index is 12.8. The Hall–Kier alpha value is -1.59. The van der Waals surface area contributed by atoms with E-state index in [0.29, 0.717) is 25.7 Å². The van der Waals surface area contributed by atoms with E-state index in [1.807, 2.05) is 31.2 Å². The molecular weight excluding hydrogens is 306 g/mol. The standard InChI is InChI=1S/C19H29NO4/c1-4-24-19(11-5-6-15(2)14-19)18(21)20-16-7-9-17(10-8-16)23-13-12-22-3/h7-10,15H,4-6,11-14H2,1-3H3,(H,20,21)/t15-,19+/m1/s1. The third kappa shape index (κ3) is 4.95. The Morgan fingerprint density at radius 1 is 1.29 bits per heavy atom. The van der Waals surface area contributed by atoms with Crippen LogP contribution in [0.5, 0.6) is 5.75 Å². The third-order valence-corrected chi connectivity index (χ3v) is 4.46. The molecule has 0 spiro atoms. The second kappa shape index (κ2) is 9.04. The van der Waals surface area contributed by atoms with Gasteiger partial charge in [0.15, 0.2) is 0 Å². The molecule has 0 saturated heterocycles. The maximum atomic E-state index is 12.8. The lowest BCUT2D eigenvalue weighted by Crippen LogP contribution is -2.48. The highest BCUT2D eigenvalue weighted by Crippen LogP contribution is 2.36. The molecule has 1 N–H and O–H groups in total. The fourth-order valence-corrected chi connectivity index (χ4v) is 3.30. The van der Waals surface area contributed by atoms with Gasteiger partial charge in [-0.05, 0) is 56.4 Å². The number of rotatable bonds is 8. The summed E-state index contributed by atoms with van der Waals surface area (Å²) in [5.74, 6) is 1.23. The van der Waals surface area contributed by atoms with Gasteiger partial charge < -0.3 is 19.5 Å². The average Bonchev–Trinajstić information content (AvgIpc) is 2.57. The van der Waals surface area contributed by atoms with Crippen molar-refractivity contribution in [1.29, 1.82) is 0 Å². The maximum Gasteiger partial charge on any atom is 0.256 e. The van der Waals surface area contributed by atoms with Crippen LogP contribution in [0.15, 0.2) is 24.3 Å². The van der Waals surface area contributed by atoms with Gasteiger partial charge in [0.1, 0.15) is 18.0 Å². The molecule has 0 aromatic heterocycles. The van der Waals surface area contributed by atoms with Crippen molar-refractivity contribution in [3.63, 3.8) is 0 Å². The van der Waals surface area contributed by atoms with E-state index in [4.69, 9.17) is 14.2 Å². The molecule has 2 rings (SSSR count). The fourth-order valence-electron chi connectivity index (χ4n) is 3.30. The Bertz CT molecular complexity index is 513. The molecule has 0 unspecified atom stereocenters. The van der Waals surface area contributed by atoms with Crippen molar-refractivity contribution in [3.05, 3.63) is 24.3 Å². The van der Waals surface area contributed by atoms with Gasteiger partial charge in [0.05, 0.1) is 6.61 Å². The minimum atomic E-state index is -0.694. The lowest BCUT2D eigenvalue weighted by Gasteiger charge is -2.38. The number of carbonyl (C=O) groups excluding carboxylic acids is 1. The van der Waals surface area contributed by atoms with Gasteiger partial charge >= 0.3 is 0 Å². The summed E-state index contributed by atoms with van der Waals surface area (Å²) in [7, 11) is 1.64. The van der Waals surface area contributed by atoms with Crippen molar-refractivity contribution < 1.29 is 19.0 Å². The first kappa shape index (κ1) is 18.7. The molecule has 134 valence electrons. The highest BCUT2D eigenvalue weighted by atomic mass is 16.5. The summed E-state index contributed by atoms with van der Waals surface area (Å²) in [4.78, 5) is 12.8. The lowest BCUT2D eigenvalue weighted by atomic mass is 9.78. The second-order valence-electron chi connectivity index (χ2n) is 6.45. The van der Waals surface area contributed by atoms with Crippen LogP contribution >= 0.6 is 0 Å². The zero-order valence-electron chi connectivity index (χ0n) is 15.0. The van der Waals surface area contributed by atoms with E-state index < -0.39 is 5.60 Å². The highest BCUT2D eigenvalue weighted by Gasteiger charge is 2.42. The van der Waals surface area contributed by atoms with E-state index in [1.54, 1.807) is 7.11 Å². The van der Waals surface area contributed by atoms with E-state index in [0.717, 1.165) is 37.1 Å². The van der Waals surface area contributed by atoms with Gasteiger partial charge in [0.2, 0.25) is 0 Å². The Labute approximate surface area is 144 Å². The van der Waals surface area contributed by atoms with Gasteiger partial charge in [-0.15, -0.1) is 0 Å². The zero-order valence-corrected chi connectivity index (χ0v) is 15.0. The van der Waals surface area contributed by atoms with Crippen molar-refractivity contribution in [2.45, 2.75) is 45.1 Å². The van der Waals surface area contributed by atoms with Gasteiger partial charge in [0.25, 0.3) is 5.91 Å². The Balaban J connectivity index is 1.98. The largest absolute Gasteiger partial charge is 0.491 e. The first-order valence-electron chi connectivity index (χ1n) is 8.77. The predicted molar refractivity (Wildman–Crippen MR) is 94.4 cm³/mol. The van der Waals surface area contributed by atoms with Gasteiger partial charge in [-0.3, -0.25) is 4.79 Å². The topological polar surface area (TPSA) is 56.8 Å². The molecule has 1 aromatic carbocycles. The molecule has 0 radical (unpaired) electrons. The molecule has 1 saturated carbocycles. The van der Waals surface area contributed by atoms with Gasteiger partial charge in [-0.1, -0.05) is 13.3 Å². The van der Waals surface area contributed by atoms with E-state index in [9.17, 15) is 4.79 Å². The molecule has 0 aliphatic heterocycles. The summed E-state index contributed by atoms with van der Waals surface area (Å²) in [6, 6.07) is 7.40. The molecule has 1 aromatic rings. The number of ether oxygens (including phenoxy) is 3. The van der Waals surface area contributed by atoms with Crippen LogP contribution in [0.2, 0.25) is 0 Å². The smallest absolute Gasteiger partial charge is 0.256 e. The number of nitrogens with one attached hydrogen (secondary N) is 1. The minimum Gasteiger partial charge on any atom is -0.491 e. The van der Waals surface area contributed by atoms with Crippen molar-refractivity contribution in [3.8, 4) is 5.75 Å². The van der Waals surface area contributed by atoms with E-state index in [2.05, 4.69) is 12.2 Å². The first-order chi connectivity index (χ1) is 11.6. The predicted octanol–water partition coefficient (Wildman–Crippen LogP) is 3.64. The van der Waals surface area contributed by atoms with Crippen LogP contribution in [0.4, 0.5) is 5.69 Å². The van der Waals surface area contributed by atoms with Crippen LogP contribution in [-0.4, -0.2) is 38.4 Å². The summed E-state index contributed by atoms with van der Waals surface area (Å²) >= 11 is 0. The Morgan fingerprint density at radius 2 is 2.04 bits per heavy atom. The van der Waals surface area contributed by atoms with Crippen molar-refractivity contribution in [2.75, 3.05) is 32.2 Å². The number of amides is 1. The molecule has 2 atom stereocenters. The van der Waals surface area contributed by atoms with Crippen LogP contribution in [0.3, 0.4) is 0 Å². The van der Waals surface area contributed by atoms with Crippen molar-refractivity contribution >= 4 is 11.6 Å². The molecule has 0 bridgehead atoms. The number of anilines is 1. The number of benzene rings is 1. The Kier molecular flexibility index (Phi) is 7.06. The van der Waals surface area contributed by atoms with Crippen LogP contribution in [0, 0.1) is 5.92 Å². The zero-order chi connectivity index (χ0) is 17.4. The summed E-state index contributed by atoms with van der Waals surface area (Å²) in [6.07, 6.45) is 3.76. The Morgan fingerprint density at radius 3 is 2.67 bits per heavy atom. The molecule has 1 fully saturated rings. The number of hydrogen-bond acceptors (Lipinski definition) is 4. The van der Waals surface area contributed by atoms with Gasteiger partial charge in [-0.2, -0.15) is 0 Å². The monoisotopic (exact) mass is 335 g/mol. The summed E-state index contributed by atoms with van der Waals surface area (Å²) in [5, 5.41) is 3.01. The molecule has 1 aliphatic rings. The van der Waals surface area contributed by atoms with Crippen LogP contribution < -0.4 is 10.1 Å². The SMILES string of the molecule is CCO[C@@]1(C(=O)Nc2ccc(OCCOC)cc2)CCC[C@@H](C)C1. The second-order valence-corrected chi connectivity index (χ2v) is 6.45. The molecule has 1 amide bonds. The quantitative estimate of drug-likeness (QED) is 0.737. The fraction of sp³-hybridized carbons (Fsp3) is 0.632. The van der Waals surface area contributed by atoms with Crippen LogP contribution in [-0.2, 0) is 14.3 Å². The summed E-state index contributed by atoms with van der Waals surface area (Å²) in [6.45, 7) is 5.74. The van der Waals surface area contributed by atoms with Gasteiger partial charge in [0, 0.05) is 19.4 Å². The molecule has 5 heteroatoms. The summed E-state index contributed by atoms with van der Waals surface area (Å²) in [5.41, 5.74) is 0.0662. The molecule has 5 nitrogen and oxygen atoms in total. The lowest BCUT2D eigenvalue weighted by molar-refractivity contribution is -0.147. The molecule has 24 heavy (non-hydrogen) atoms. The van der Waals surface area contributed by atoms with E-state index in [1.165, 1.54) is 0 Å².